The smallest absolute Gasteiger partial charge is 0.407 e. The van der Waals surface area contributed by atoms with Crippen molar-refractivity contribution in [1.82, 2.24) is 14.7 Å². The molecule has 1 aliphatic rings. The van der Waals surface area contributed by atoms with E-state index in [0.29, 0.717) is 18.5 Å². The van der Waals surface area contributed by atoms with Crippen LogP contribution in [0.4, 0.5) is 20.7 Å². The molecule has 0 aliphatic carbocycles. The highest BCUT2D eigenvalue weighted by Gasteiger charge is 2.41. The standard InChI is InChI=1S/C19H21FN6O3/c1-2-15-13(9-21)16(7-8-25(15)19(28)29)26-10-14(17(22)27)18(24-26)23-12-5-3-11(20)4-6-12/h3-6,10,13,15-16H,2,7-8H2,1H3,(H2,22,27)(H,23,24)(H,28,29). The molecule has 10 heteroatoms. The highest BCUT2D eigenvalue weighted by atomic mass is 19.1. The lowest BCUT2D eigenvalue weighted by atomic mass is 9.84. The highest BCUT2D eigenvalue weighted by molar-refractivity contribution is 5.98. The summed E-state index contributed by atoms with van der Waals surface area (Å²) in [5.74, 6) is -1.55. The first-order valence-electron chi connectivity index (χ1n) is 9.16. The van der Waals surface area contributed by atoms with Crippen molar-refractivity contribution in [1.29, 1.82) is 5.26 Å². The second-order valence-electron chi connectivity index (χ2n) is 6.83. The fourth-order valence-electron chi connectivity index (χ4n) is 3.75. The third-order valence-corrected chi connectivity index (χ3v) is 5.15. The minimum atomic E-state index is -1.06. The Morgan fingerprint density at radius 1 is 1.41 bits per heavy atom. The van der Waals surface area contributed by atoms with Crippen molar-refractivity contribution in [2.45, 2.75) is 31.8 Å². The molecule has 3 rings (SSSR count). The molecule has 0 bridgehead atoms. The minimum Gasteiger partial charge on any atom is -0.465 e. The molecule has 0 saturated carbocycles. The summed E-state index contributed by atoms with van der Waals surface area (Å²) >= 11 is 0. The first-order chi connectivity index (χ1) is 13.8. The number of hydrogen-bond acceptors (Lipinski definition) is 5. The number of carboxylic acid groups (broad SMARTS) is 1. The number of piperidine rings is 1. The Balaban J connectivity index is 1.94. The Labute approximate surface area is 166 Å². The lowest BCUT2D eigenvalue weighted by molar-refractivity contribution is 0.0653. The predicted molar refractivity (Wildman–Crippen MR) is 102 cm³/mol. The van der Waals surface area contributed by atoms with E-state index >= 15 is 0 Å². The van der Waals surface area contributed by atoms with E-state index in [4.69, 9.17) is 5.73 Å². The quantitative estimate of drug-likeness (QED) is 0.706. The van der Waals surface area contributed by atoms with E-state index in [1.165, 1.54) is 40.0 Å². The van der Waals surface area contributed by atoms with Gasteiger partial charge in [-0.2, -0.15) is 10.4 Å². The van der Waals surface area contributed by atoms with E-state index < -0.39 is 35.8 Å². The molecule has 2 amide bonds. The number of amides is 2. The van der Waals surface area contributed by atoms with E-state index in [0.717, 1.165) is 0 Å². The van der Waals surface area contributed by atoms with Crippen molar-refractivity contribution in [2.24, 2.45) is 11.7 Å². The summed E-state index contributed by atoms with van der Waals surface area (Å²) in [5, 5.41) is 26.5. The second-order valence-corrected chi connectivity index (χ2v) is 6.83. The van der Waals surface area contributed by atoms with E-state index in [1.54, 1.807) is 0 Å². The molecule has 0 radical (unpaired) electrons. The number of benzene rings is 1. The number of primary amides is 1. The molecule has 2 heterocycles. The van der Waals surface area contributed by atoms with Gasteiger partial charge in [0.05, 0.1) is 24.1 Å². The Morgan fingerprint density at radius 3 is 2.66 bits per heavy atom. The van der Waals surface area contributed by atoms with Gasteiger partial charge in [0.15, 0.2) is 5.82 Å². The van der Waals surface area contributed by atoms with Crippen LogP contribution in [-0.4, -0.2) is 44.4 Å². The van der Waals surface area contributed by atoms with Crippen molar-refractivity contribution >= 4 is 23.5 Å². The molecule has 0 spiro atoms. The third-order valence-electron chi connectivity index (χ3n) is 5.15. The zero-order valence-corrected chi connectivity index (χ0v) is 15.7. The largest absolute Gasteiger partial charge is 0.465 e. The van der Waals surface area contributed by atoms with Crippen LogP contribution in [0.25, 0.3) is 0 Å². The van der Waals surface area contributed by atoms with Gasteiger partial charge in [0.1, 0.15) is 11.4 Å². The zero-order chi connectivity index (χ0) is 21.1. The lowest BCUT2D eigenvalue weighted by Crippen LogP contribution is -2.51. The number of carbonyl (C=O) groups excluding carboxylic acids is 1. The second kappa shape index (κ2) is 8.18. The Kier molecular flexibility index (Phi) is 5.68. The van der Waals surface area contributed by atoms with Crippen LogP contribution < -0.4 is 11.1 Å². The number of halogens is 1. The van der Waals surface area contributed by atoms with E-state index in [-0.39, 0.29) is 17.9 Å². The molecule has 1 aromatic carbocycles. The minimum absolute atomic E-state index is 0.125. The Morgan fingerprint density at radius 2 is 2.10 bits per heavy atom. The van der Waals surface area contributed by atoms with Gasteiger partial charge in [-0.25, -0.2) is 9.18 Å². The van der Waals surface area contributed by atoms with Gasteiger partial charge in [0, 0.05) is 18.4 Å². The molecule has 9 nitrogen and oxygen atoms in total. The van der Waals surface area contributed by atoms with Crippen molar-refractivity contribution in [3.63, 3.8) is 0 Å². The van der Waals surface area contributed by atoms with Crippen molar-refractivity contribution < 1.29 is 19.1 Å². The van der Waals surface area contributed by atoms with Gasteiger partial charge in [-0.15, -0.1) is 0 Å². The fraction of sp³-hybridized carbons (Fsp3) is 0.368. The maximum absolute atomic E-state index is 13.1. The van der Waals surface area contributed by atoms with Gasteiger partial charge in [0.25, 0.3) is 5.91 Å². The number of hydrogen-bond donors (Lipinski definition) is 3. The Bertz CT molecular complexity index is 952. The van der Waals surface area contributed by atoms with Crippen molar-refractivity contribution in [3.8, 4) is 6.07 Å². The molecular formula is C19H21FN6O3. The summed E-state index contributed by atoms with van der Waals surface area (Å²) in [4.78, 5) is 24.7. The third kappa shape index (κ3) is 3.99. The van der Waals surface area contributed by atoms with Gasteiger partial charge in [-0.3, -0.25) is 9.48 Å². The number of nitrogens with zero attached hydrogens (tertiary/aromatic N) is 4. The summed E-state index contributed by atoms with van der Waals surface area (Å²) in [6, 6.07) is 6.84. The van der Waals surface area contributed by atoms with Crippen LogP contribution >= 0.6 is 0 Å². The van der Waals surface area contributed by atoms with Gasteiger partial charge in [0.2, 0.25) is 0 Å². The fourth-order valence-corrected chi connectivity index (χ4v) is 3.75. The SMILES string of the molecule is CCC1C(C#N)C(n2cc(C(N)=O)c(Nc3ccc(F)cc3)n2)CCN1C(=O)O. The van der Waals surface area contributed by atoms with E-state index in [2.05, 4.69) is 16.5 Å². The van der Waals surface area contributed by atoms with Crippen molar-refractivity contribution in [3.05, 3.63) is 41.8 Å². The van der Waals surface area contributed by atoms with Gasteiger partial charge < -0.3 is 21.1 Å². The van der Waals surface area contributed by atoms with Gasteiger partial charge >= 0.3 is 6.09 Å². The van der Waals surface area contributed by atoms with Crippen LogP contribution in [0.5, 0.6) is 0 Å². The molecule has 2 aromatic rings. The zero-order valence-electron chi connectivity index (χ0n) is 15.7. The number of carbonyl (C=O) groups is 2. The first-order valence-corrected chi connectivity index (χ1v) is 9.16. The molecule has 1 fully saturated rings. The molecule has 4 N–H and O–H groups in total. The predicted octanol–water partition coefficient (Wildman–Crippen LogP) is 2.71. The van der Waals surface area contributed by atoms with Crippen LogP contribution in [0.3, 0.4) is 0 Å². The van der Waals surface area contributed by atoms with Crippen LogP contribution in [0, 0.1) is 23.1 Å². The number of likely N-dealkylation sites (tertiary alicyclic amines) is 1. The van der Waals surface area contributed by atoms with Crippen molar-refractivity contribution in [2.75, 3.05) is 11.9 Å². The number of nitrogens with one attached hydrogen (secondary N) is 1. The van der Waals surface area contributed by atoms with Crippen LogP contribution in [-0.2, 0) is 0 Å². The maximum atomic E-state index is 13.1. The Hall–Kier alpha value is -3.61. The number of anilines is 2. The molecule has 1 saturated heterocycles. The molecule has 3 atom stereocenters. The normalized spacial score (nSPS) is 21.4. The summed E-state index contributed by atoms with van der Waals surface area (Å²) in [6.07, 6.45) is 1.25. The highest BCUT2D eigenvalue weighted by Crippen LogP contribution is 2.35. The summed E-state index contributed by atoms with van der Waals surface area (Å²) in [5.41, 5.74) is 6.12. The monoisotopic (exact) mass is 400 g/mol. The molecule has 3 unspecified atom stereocenters. The molecular weight excluding hydrogens is 379 g/mol. The van der Waals surface area contributed by atoms with Crippen LogP contribution in [0.2, 0.25) is 0 Å². The maximum Gasteiger partial charge on any atom is 0.407 e. The molecule has 1 aliphatic heterocycles. The average Bonchev–Trinajstić information content (AvgIpc) is 3.12. The topological polar surface area (TPSA) is 137 Å². The average molecular weight is 400 g/mol. The van der Waals surface area contributed by atoms with E-state index in [9.17, 15) is 24.3 Å². The molecule has 1 aromatic heterocycles. The summed E-state index contributed by atoms with van der Waals surface area (Å²) < 4.78 is 14.6. The molecule has 152 valence electrons. The lowest BCUT2D eigenvalue weighted by Gasteiger charge is -2.40. The van der Waals surface area contributed by atoms with Gasteiger partial charge in [-0.1, -0.05) is 6.92 Å². The summed E-state index contributed by atoms with van der Waals surface area (Å²) in [6.45, 7) is 2.08. The van der Waals surface area contributed by atoms with Crippen LogP contribution in [0.1, 0.15) is 36.2 Å². The molecule has 29 heavy (non-hydrogen) atoms. The summed E-state index contributed by atoms with van der Waals surface area (Å²) in [7, 11) is 0. The van der Waals surface area contributed by atoms with Crippen LogP contribution in [0.15, 0.2) is 30.5 Å². The number of nitriles is 1. The first kappa shape index (κ1) is 20.1. The number of rotatable bonds is 5. The number of aromatic nitrogens is 2. The van der Waals surface area contributed by atoms with E-state index in [1.807, 2.05) is 6.92 Å². The van der Waals surface area contributed by atoms with Gasteiger partial charge in [-0.05, 0) is 37.1 Å². The number of nitrogens with two attached hydrogens (primary N) is 1.